The minimum Gasteiger partial charge on any atom is -0.326 e. The van der Waals surface area contributed by atoms with Gasteiger partial charge in [-0.05, 0) is 59.3 Å². The SMILES string of the molecule is CC(=O)Nc1ccc2cc(S(=O)(=O)Nc3cc(S(=O)(=O)O)c4cc(S(=O)(=O)O)cc(S(=O)(=O)O)c4c3)ccc2c1. The van der Waals surface area contributed by atoms with E-state index in [-0.39, 0.29) is 10.8 Å². The molecule has 4 rings (SSSR count). The van der Waals surface area contributed by atoms with Crippen molar-refractivity contribution in [1.82, 2.24) is 0 Å². The molecule has 18 heteroatoms. The molecule has 0 aliphatic rings. The Hall–Kier alpha value is -3.65. The number of nitrogens with one attached hydrogen (secondary N) is 2. The highest BCUT2D eigenvalue weighted by atomic mass is 32.2. The molecule has 212 valence electrons. The summed E-state index contributed by atoms with van der Waals surface area (Å²) in [6.45, 7) is 1.32. The summed E-state index contributed by atoms with van der Waals surface area (Å²) in [7, 11) is -20.1. The second-order valence-electron chi connectivity index (χ2n) is 8.43. The smallest absolute Gasteiger partial charge is 0.295 e. The summed E-state index contributed by atoms with van der Waals surface area (Å²) >= 11 is 0. The van der Waals surface area contributed by atoms with Crippen LogP contribution in [0.5, 0.6) is 0 Å². The maximum absolute atomic E-state index is 13.2. The lowest BCUT2D eigenvalue weighted by Crippen LogP contribution is -2.14. The molecule has 0 aromatic heterocycles. The molecule has 0 saturated heterocycles. The summed E-state index contributed by atoms with van der Waals surface area (Å²) in [5, 5.41) is 2.15. The Morgan fingerprint density at radius 1 is 0.600 bits per heavy atom. The van der Waals surface area contributed by atoms with Crippen LogP contribution in [0.25, 0.3) is 21.5 Å². The third kappa shape index (κ3) is 6.07. The molecule has 0 heterocycles. The normalized spacial score (nSPS) is 12.9. The zero-order chi connectivity index (χ0) is 29.8. The molecule has 5 N–H and O–H groups in total. The van der Waals surface area contributed by atoms with Gasteiger partial charge in [-0.25, -0.2) is 8.42 Å². The molecule has 0 fully saturated rings. The van der Waals surface area contributed by atoms with Crippen LogP contribution in [0.4, 0.5) is 11.4 Å². The highest BCUT2D eigenvalue weighted by Gasteiger charge is 2.26. The van der Waals surface area contributed by atoms with Crippen molar-refractivity contribution in [3.05, 3.63) is 60.7 Å². The van der Waals surface area contributed by atoms with Gasteiger partial charge in [-0.3, -0.25) is 23.2 Å². The Labute approximate surface area is 227 Å². The molecule has 1 amide bonds. The van der Waals surface area contributed by atoms with Crippen molar-refractivity contribution in [2.24, 2.45) is 0 Å². The Kier molecular flexibility index (Phi) is 7.16. The molecular formula is C22H18N2O12S4. The Morgan fingerprint density at radius 3 is 1.73 bits per heavy atom. The van der Waals surface area contributed by atoms with Gasteiger partial charge in [-0.15, -0.1) is 0 Å². The Balaban J connectivity index is 1.90. The Morgan fingerprint density at radius 2 is 1.15 bits per heavy atom. The van der Waals surface area contributed by atoms with Gasteiger partial charge in [0.2, 0.25) is 5.91 Å². The van der Waals surface area contributed by atoms with Gasteiger partial charge in [0.1, 0.15) is 9.79 Å². The fourth-order valence-electron chi connectivity index (χ4n) is 3.89. The van der Waals surface area contributed by atoms with Crippen LogP contribution >= 0.6 is 0 Å². The monoisotopic (exact) mass is 630 g/mol. The summed E-state index contributed by atoms with van der Waals surface area (Å²) < 4.78 is 129. The summed E-state index contributed by atoms with van der Waals surface area (Å²) in [4.78, 5) is 7.53. The second-order valence-corrected chi connectivity index (χ2v) is 14.3. The van der Waals surface area contributed by atoms with Crippen molar-refractivity contribution >= 4 is 79.2 Å². The lowest BCUT2D eigenvalue weighted by Gasteiger charge is -2.14. The first kappa shape index (κ1) is 29.3. The number of carbonyl (C=O) groups excluding carboxylic acids is 1. The molecule has 40 heavy (non-hydrogen) atoms. The van der Waals surface area contributed by atoms with Gasteiger partial charge >= 0.3 is 0 Å². The number of fused-ring (bicyclic) bond motifs is 2. The first-order valence-corrected chi connectivity index (χ1v) is 16.4. The fourth-order valence-corrected chi connectivity index (χ4v) is 7.02. The molecule has 4 aromatic carbocycles. The van der Waals surface area contributed by atoms with E-state index in [9.17, 15) is 52.1 Å². The summed E-state index contributed by atoms with van der Waals surface area (Å²) in [5.74, 6) is -0.311. The molecule has 0 aliphatic heterocycles. The zero-order valence-electron chi connectivity index (χ0n) is 19.9. The first-order valence-electron chi connectivity index (χ1n) is 10.6. The number of hydrogen-bond donors (Lipinski definition) is 5. The molecule has 0 bridgehead atoms. The first-order chi connectivity index (χ1) is 18.3. The van der Waals surface area contributed by atoms with Crippen LogP contribution in [0.15, 0.2) is 80.2 Å². The maximum Gasteiger partial charge on any atom is 0.295 e. The standard InChI is InChI=1S/C22H18N2O12S4/c1-12(25)23-15-4-2-14-7-17(5-3-13(14)6-15)37(26,27)24-16-8-19-20(21(9-16)39(31,32)33)10-18(38(28,29)30)11-22(19)40(34,35)36/h2-11,24H,1H3,(H,23,25)(H,28,29,30)(H,31,32,33)(H,34,35,36). The molecule has 0 radical (unpaired) electrons. The fraction of sp³-hybridized carbons (Fsp3) is 0.0455. The second kappa shape index (κ2) is 9.77. The molecule has 0 atom stereocenters. The van der Waals surface area contributed by atoms with Gasteiger partial charge in [0.25, 0.3) is 40.4 Å². The van der Waals surface area contributed by atoms with E-state index in [0.717, 1.165) is 6.07 Å². The predicted octanol–water partition coefficient (Wildman–Crippen LogP) is 2.49. The number of hydrogen-bond acceptors (Lipinski definition) is 9. The molecule has 0 spiro atoms. The van der Waals surface area contributed by atoms with E-state index in [4.69, 9.17) is 0 Å². The Bertz CT molecular complexity index is 2180. The van der Waals surface area contributed by atoms with Crippen LogP contribution in [-0.4, -0.2) is 53.2 Å². The van der Waals surface area contributed by atoms with Crippen LogP contribution in [0.1, 0.15) is 6.92 Å². The number of sulfonamides is 1. The van der Waals surface area contributed by atoms with Crippen LogP contribution in [0, 0.1) is 0 Å². The summed E-state index contributed by atoms with van der Waals surface area (Å²) in [6, 6.07) is 10.8. The van der Waals surface area contributed by atoms with E-state index in [1.54, 1.807) is 6.07 Å². The molecule has 4 aromatic rings. The molecule has 0 aliphatic carbocycles. The van der Waals surface area contributed by atoms with Gasteiger partial charge in [0, 0.05) is 23.4 Å². The average Bonchev–Trinajstić information content (AvgIpc) is 2.80. The van der Waals surface area contributed by atoms with Crippen molar-refractivity contribution in [2.75, 3.05) is 10.0 Å². The predicted molar refractivity (Wildman–Crippen MR) is 142 cm³/mol. The van der Waals surface area contributed by atoms with Crippen molar-refractivity contribution < 1.29 is 52.1 Å². The van der Waals surface area contributed by atoms with E-state index >= 15 is 0 Å². The van der Waals surface area contributed by atoms with Gasteiger partial charge in [-0.2, -0.15) is 25.3 Å². The van der Waals surface area contributed by atoms with Crippen LogP contribution in [-0.2, 0) is 45.2 Å². The average molecular weight is 631 g/mol. The van der Waals surface area contributed by atoms with Crippen LogP contribution in [0.3, 0.4) is 0 Å². The van der Waals surface area contributed by atoms with Gasteiger partial charge < -0.3 is 5.32 Å². The highest BCUT2D eigenvalue weighted by Crippen LogP contribution is 2.35. The largest absolute Gasteiger partial charge is 0.326 e. The van der Waals surface area contributed by atoms with E-state index in [2.05, 4.69) is 10.0 Å². The highest BCUT2D eigenvalue weighted by molar-refractivity contribution is 7.92. The van der Waals surface area contributed by atoms with Crippen molar-refractivity contribution in [2.45, 2.75) is 26.5 Å². The molecule has 14 nitrogen and oxygen atoms in total. The zero-order valence-corrected chi connectivity index (χ0v) is 23.2. The quantitative estimate of drug-likeness (QED) is 0.185. The molecular weight excluding hydrogens is 613 g/mol. The lowest BCUT2D eigenvalue weighted by molar-refractivity contribution is -0.114. The molecule has 0 saturated carbocycles. The lowest BCUT2D eigenvalue weighted by atomic mass is 10.1. The minimum absolute atomic E-state index is 0.308. The van der Waals surface area contributed by atoms with E-state index in [0.29, 0.717) is 34.7 Å². The maximum atomic E-state index is 13.2. The topological polar surface area (TPSA) is 238 Å². The number of carbonyl (C=O) groups is 1. The van der Waals surface area contributed by atoms with Crippen molar-refractivity contribution in [3.63, 3.8) is 0 Å². The number of benzene rings is 4. The van der Waals surface area contributed by atoms with Crippen molar-refractivity contribution in [1.29, 1.82) is 0 Å². The van der Waals surface area contributed by atoms with E-state index < -0.39 is 71.5 Å². The van der Waals surface area contributed by atoms with E-state index in [1.165, 1.54) is 37.3 Å². The summed E-state index contributed by atoms with van der Waals surface area (Å²) in [6.07, 6.45) is 0. The minimum atomic E-state index is -5.28. The van der Waals surface area contributed by atoms with Crippen LogP contribution < -0.4 is 10.0 Å². The number of anilines is 2. The van der Waals surface area contributed by atoms with Gasteiger partial charge in [-0.1, -0.05) is 12.1 Å². The number of rotatable bonds is 7. The molecule has 0 unspecified atom stereocenters. The van der Waals surface area contributed by atoms with E-state index in [1.807, 2.05) is 0 Å². The number of amides is 1. The van der Waals surface area contributed by atoms with Gasteiger partial charge in [0.15, 0.2) is 0 Å². The van der Waals surface area contributed by atoms with Crippen LogP contribution in [0.2, 0.25) is 0 Å². The van der Waals surface area contributed by atoms with Crippen molar-refractivity contribution in [3.8, 4) is 0 Å². The third-order valence-electron chi connectivity index (χ3n) is 5.52. The third-order valence-corrected chi connectivity index (χ3v) is 9.51. The summed E-state index contributed by atoms with van der Waals surface area (Å²) in [5.41, 5.74) is -0.111. The van der Waals surface area contributed by atoms with Gasteiger partial charge in [0.05, 0.1) is 15.5 Å².